The van der Waals surface area contributed by atoms with Gasteiger partial charge in [-0.3, -0.25) is 4.79 Å². The number of halogens is 2. The van der Waals surface area contributed by atoms with Crippen LogP contribution in [-0.4, -0.2) is 31.7 Å². The molecule has 25 heavy (non-hydrogen) atoms. The van der Waals surface area contributed by atoms with E-state index in [1.54, 1.807) is 19.1 Å². The lowest BCUT2D eigenvalue weighted by molar-refractivity contribution is -0.116. The number of hydrogen-bond acceptors (Lipinski definition) is 3. The van der Waals surface area contributed by atoms with Gasteiger partial charge in [0.15, 0.2) is 0 Å². The zero-order chi connectivity index (χ0) is 18.6. The highest BCUT2D eigenvalue weighted by atomic mass is 35.5. The Hall–Kier alpha value is -1.60. The summed E-state index contributed by atoms with van der Waals surface area (Å²) in [7, 11) is -3.94. The largest absolute Gasteiger partial charge is 0.325 e. The smallest absolute Gasteiger partial charge is 0.245 e. The maximum atomic E-state index is 12.8. The molecule has 2 aromatic carbocycles. The van der Waals surface area contributed by atoms with Crippen molar-refractivity contribution in [3.05, 3.63) is 58.1 Å². The van der Waals surface area contributed by atoms with Gasteiger partial charge in [-0.2, -0.15) is 4.31 Å². The first kappa shape index (κ1) is 19.7. The van der Waals surface area contributed by atoms with Crippen molar-refractivity contribution in [3.63, 3.8) is 0 Å². The van der Waals surface area contributed by atoms with Gasteiger partial charge in [0.25, 0.3) is 0 Å². The normalized spacial score (nSPS) is 11.6. The number of nitrogens with one attached hydrogen (secondary N) is 1. The van der Waals surface area contributed by atoms with Gasteiger partial charge in [-0.1, -0.05) is 42.3 Å². The highest BCUT2D eigenvalue weighted by Crippen LogP contribution is 2.27. The third-order valence-corrected chi connectivity index (χ3v) is 6.12. The maximum absolute atomic E-state index is 12.8. The standard InChI is InChI=1S/C17H18Cl2N2O3S/c1-3-21(11-17(22)20-14-6-4-5-12(2)9-14)25(23,24)16-10-13(18)7-8-15(16)19/h4-10H,3,11H2,1-2H3,(H,20,22). The van der Waals surface area contributed by atoms with Crippen molar-refractivity contribution >= 4 is 44.8 Å². The first-order valence-electron chi connectivity index (χ1n) is 7.55. The summed E-state index contributed by atoms with van der Waals surface area (Å²) >= 11 is 11.9. The molecule has 134 valence electrons. The van der Waals surface area contributed by atoms with E-state index in [0.29, 0.717) is 5.69 Å². The molecule has 0 aromatic heterocycles. The lowest BCUT2D eigenvalue weighted by atomic mass is 10.2. The molecule has 0 saturated carbocycles. The number of carbonyl (C=O) groups is 1. The average molecular weight is 401 g/mol. The minimum atomic E-state index is -3.94. The first-order chi connectivity index (χ1) is 11.7. The molecule has 0 bridgehead atoms. The van der Waals surface area contributed by atoms with Crippen molar-refractivity contribution in [1.29, 1.82) is 0 Å². The summed E-state index contributed by atoms with van der Waals surface area (Å²) in [5.41, 5.74) is 1.60. The van der Waals surface area contributed by atoms with Crippen molar-refractivity contribution in [2.75, 3.05) is 18.4 Å². The Kier molecular flexibility index (Phi) is 6.46. The van der Waals surface area contributed by atoms with Crippen molar-refractivity contribution in [3.8, 4) is 0 Å². The van der Waals surface area contributed by atoms with Crippen LogP contribution in [0.2, 0.25) is 10.0 Å². The summed E-state index contributed by atoms with van der Waals surface area (Å²) in [6.45, 7) is 3.34. The number of anilines is 1. The van der Waals surface area contributed by atoms with Crippen molar-refractivity contribution < 1.29 is 13.2 Å². The Bertz CT molecular complexity index is 885. The summed E-state index contributed by atoms with van der Waals surface area (Å²) in [5.74, 6) is -0.436. The van der Waals surface area contributed by atoms with Gasteiger partial charge in [0, 0.05) is 17.3 Å². The third kappa shape index (κ3) is 4.95. The van der Waals surface area contributed by atoms with Crippen LogP contribution >= 0.6 is 23.2 Å². The quantitative estimate of drug-likeness (QED) is 0.797. The molecule has 0 spiro atoms. The second kappa shape index (κ2) is 8.19. The predicted molar refractivity (Wildman–Crippen MR) is 101 cm³/mol. The summed E-state index contributed by atoms with van der Waals surface area (Å²) in [4.78, 5) is 12.1. The first-order valence-corrected chi connectivity index (χ1v) is 9.75. The van der Waals surface area contributed by atoms with E-state index in [4.69, 9.17) is 23.2 Å². The minimum Gasteiger partial charge on any atom is -0.325 e. The van der Waals surface area contributed by atoms with Gasteiger partial charge < -0.3 is 5.32 Å². The summed E-state index contributed by atoms with van der Waals surface area (Å²) in [6.07, 6.45) is 0. The molecule has 0 unspecified atom stereocenters. The Morgan fingerprint density at radius 2 is 1.88 bits per heavy atom. The van der Waals surface area contributed by atoms with Gasteiger partial charge in [0.1, 0.15) is 4.90 Å². The van der Waals surface area contributed by atoms with Gasteiger partial charge in [-0.05, 0) is 42.8 Å². The van der Waals surface area contributed by atoms with E-state index < -0.39 is 15.9 Å². The van der Waals surface area contributed by atoms with E-state index in [2.05, 4.69) is 5.32 Å². The number of benzene rings is 2. The number of nitrogens with zero attached hydrogens (tertiary/aromatic N) is 1. The maximum Gasteiger partial charge on any atom is 0.245 e. The van der Waals surface area contributed by atoms with E-state index in [9.17, 15) is 13.2 Å². The molecule has 0 radical (unpaired) electrons. The summed E-state index contributed by atoms with van der Waals surface area (Å²) in [5, 5.41) is 3.00. The fourth-order valence-corrected chi connectivity index (χ4v) is 4.41. The van der Waals surface area contributed by atoms with Gasteiger partial charge in [0.05, 0.1) is 11.6 Å². The van der Waals surface area contributed by atoms with E-state index in [0.717, 1.165) is 9.87 Å². The second-order valence-electron chi connectivity index (χ2n) is 5.42. The molecule has 0 aliphatic rings. The van der Waals surface area contributed by atoms with E-state index in [-0.39, 0.29) is 28.0 Å². The second-order valence-corrected chi connectivity index (χ2v) is 8.17. The average Bonchev–Trinajstić information content (AvgIpc) is 2.54. The van der Waals surface area contributed by atoms with Crippen LogP contribution in [0.25, 0.3) is 0 Å². The number of aryl methyl sites for hydroxylation is 1. The van der Waals surface area contributed by atoms with Gasteiger partial charge in [-0.25, -0.2) is 8.42 Å². The zero-order valence-corrected chi connectivity index (χ0v) is 16.1. The van der Waals surface area contributed by atoms with Crippen LogP contribution < -0.4 is 5.32 Å². The minimum absolute atomic E-state index is 0.0574. The molecule has 0 aliphatic heterocycles. The monoisotopic (exact) mass is 400 g/mol. The van der Waals surface area contributed by atoms with Gasteiger partial charge in [-0.15, -0.1) is 0 Å². The molecule has 0 atom stereocenters. The van der Waals surface area contributed by atoms with Crippen LogP contribution in [-0.2, 0) is 14.8 Å². The highest BCUT2D eigenvalue weighted by Gasteiger charge is 2.27. The Labute approximate surface area is 157 Å². The molecule has 5 nitrogen and oxygen atoms in total. The predicted octanol–water partition coefficient (Wildman–Crippen LogP) is 3.95. The number of carbonyl (C=O) groups excluding carboxylic acids is 1. The number of hydrogen-bond donors (Lipinski definition) is 1. The van der Waals surface area contributed by atoms with E-state index in [1.807, 2.05) is 19.1 Å². The van der Waals surface area contributed by atoms with E-state index in [1.165, 1.54) is 18.2 Å². The molecule has 0 fully saturated rings. The highest BCUT2D eigenvalue weighted by molar-refractivity contribution is 7.89. The summed E-state index contributed by atoms with van der Waals surface area (Å²) in [6, 6.07) is 11.5. The molecule has 8 heteroatoms. The molecular weight excluding hydrogens is 383 g/mol. The number of amides is 1. The topological polar surface area (TPSA) is 66.5 Å². The number of rotatable bonds is 6. The molecule has 0 heterocycles. The van der Waals surface area contributed by atoms with Gasteiger partial charge >= 0.3 is 0 Å². The Balaban J connectivity index is 2.20. The zero-order valence-electron chi connectivity index (χ0n) is 13.8. The van der Waals surface area contributed by atoms with Crippen molar-refractivity contribution in [1.82, 2.24) is 4.31 Å². The number of likely N-dealkylation sites (N-methyl/N-ethyl adjacent to an activating group) is 1. The van der Waals surface area contributed by atoms with Crippen LogP contribution in [0.15, 0.2) is 47.4 Å². The van der Waals surface area contributed by atoms with Crippen LogP contribution in [0.4, 0.5) is 5.69 Å². The molecule has 1 N–H and O–H groups in total. The van der Waals surface area contributed by atoms with Crippen molar-refractivity contribution in [2.24, 2.45) is 0 Å². The third-order valence-electron chi connectivity index (χ3n) is 3.49. The van der Waals surface area contributed by atoms with Crippen molar-refractivity contribution in [2.45, 2.75) is 18.7 Å². The van der Waals surface area contributed by atoms with Crippen LogP contribution in [0.5, 0.6) is 0 Å². The Morgan fingerprint density at radius 3 is 2.52 bits per heavy atom. The fraction of sp³-hybridized carbons (Fsp3) is 0.235. The van der Waals surface area contributed by atoms with Crippen LogP contribution in [0.3, 0.4) is 0 Å². The molecule has 0 aliphatic carbocycles. The number of sulfonamides is 1. The lowest BCUT2D eigenvalue weighted by Crippen LogP contribution is -2.38. The molecule has 1 amide bonds. The fourth-order valence-electron chi connectivity index (χ4n) is 2.26. The van der Waals surface area contributed by atoms with Crippen LogP contribution in [0, 0.1) is 6.92 Å². The molecular formula is C17H18Cl2N2O3S. The molecule has 2 rings (SSSR count). The Morgan fingerprint density at radius 1 is 1.16 bits per heavy atom. The summed E-state index contributed by atoms with van der Waals surface area (Å²) < 4.78 is 26.6. The SMILES string of the molecule is CCN(CC(=O)Nc1cccc(C)c1)S(=O)(=O)c1cc(Cl)ccc1Cl. The van der Waals surface area contributed by atoms with Gasteiger partial charge in [0.2, 0.25) is 15.9 Å². The molecule has 0 saturated heterocycles. The van der Waals surface area contributed by atoms with Crippen LogP contribution in [0.1, 0.15) is 12.5 Å². The lowest BCUT2D eigenvalue weighted by Gasteiger charge is -2.21. The molecule has 2 aromatic rings. The van der Waals surface area contributed by atoms with E-state index >= 15 is 0 Å².